The van der Waals surface area contributed by atoms with Crippen molar-refractivity contribution in [3.05, 3.63) is 252 Å². The van der Waals surface area contributed by atoms with Gasteiger partial charge in [0.05, 0.1) is 0 Å². The van der Waals surface area contributed by atoms with Crippen LogP contribution in [0.2, 0.25) is 0 Å². The smallest absolute Gasteiger partial charge is 0.0481 e. The van der Waals surface area contributed by atoms with Crippen molar-refractivity contribution in [1.82, 2.24) is 0 Å². The maximum absolute atomic E-state index is 2.39. The predicted molar refractivity (Wildman–Crippen MR) is 269 cm³/mol. The molecule has 0 unspecified atom stereocenters. The first-order valence-electron chi connectivity index (χ1n) is 21.9. The summed E-state index contributed by atoms with van der Waals surface area (Å²) in [4.78, 5) is 7.04. The van der Waals surface area contributed by atoms with Crippen LogP contribution in [-0.4, -0.2) is 0 Å². The van der Waals surface area contributed by atoms with E-state index in [4.69, 9.17) is 0 Å². The minimum atomic E-state index is 0.779. The molecule has 308 valence electrons. The SMILES string of the molecule is Cc1ccc(N(Cc2ccc(-c3ccc(N(c4ccc(C)cc4)c4ccc(-c5ccc(N(c6ccc(C)cc6)c6ccc(C)cc6)cc5)cc4)cc3)cc2)c2ccc(C)cc2)cc1. The average Bonchev–Trinajstić information content (AvgIpc) is 3.32. The van der Waals surface area contributed by atoms with E-state index in [-0.39, 0.29) is 0 Å². The summed E-state index contributed by atoms with van der Waals surface area (Å²) in [5, 5.41) is 0. The third-order valence-electron chi connectivity index (χ3n) is 11.9. The van der Waals surface area contributed by atoms with Crippen molar-refractivity contribution in [2.24, 2.45) is 0 Å². The third kappa shape index (κ3) is 9.34. The minimum absolute atomic E-state index is 0.779. The molecule has 9 aromatic rings. The highest BCUT2D eigenvalue weighted by Gasteiger charge is 2.16. The Morgan fingerprint density at radius 1 is 0.222 bits per heavy atom. The van der Waals surface area contributed by atoms with Gasteiger partial charge in [0.15, 0.2) is 0 Å². The maximum atomic E-state index is 2.39. The van der Waals surface area contributed by atoms with E-state index in [1.807, 2.05) is 0 Å². The van der Waals surface area contributed by atoms with Crippen molar-refractivity contribution in [1.29, 1.82) is 0 Å². The van der Waals surface area contributed by atoms with Gasteiger partial charge in [-0.1, -0.05) is 149 Å². The molecule has 63 heavy (non-hydrogen) atoms. The van der Waals surface area contributed by atoms with Gasteiger partial charge < -0.3 is 14.7 Å². The van der Waals surface area contributed by atoms with Gasteiger partial charge in [0.1, 0.15) is 0 Å². The lowest BCUT2D eigenvalue weighted by Crippen LogP contribution is -2.16. The molecule has 0 saturated heterocycles. The summed E-state index contributed by atoms with van der Waals surface area (Å²) in [7, 11) is 0. The van der Waals surface area contributed by atoms with E-state index in [0.717, 1.165) is 40.7 Å². The molecule has 0 atom stereocenters. The molecule has 0 aliphatic carbocycles. The summed E-state index contributed by atoms with van der Waals surface area (Å²) >= 11 is 0. The van der Waals surface area contributed by atoms with E-state index in [0.29, 0.717) is 0 Å². The Labute approximate surface area is 373 Å². The molecule has 9 aromatic carbocycles. The Bertz CT molecular complexity index is 2790. The molecule has 0 N–H and O–H groups in total. The predicted octanol–water partition coefficient (Wildman–Crippen LogP) is 16.8. The summed E-state index contributed by atoms with van der Waals surface area (Å²) < 4.78 is 0. The lowest BCUT2D eigenvalue weighted by atomic mass is 10.0. The quantitative estimate of drug-likeness (QED) is 0.122. The van der Waals surface area contributed by atoms with Gasteiger partial charge in [-0.15, -0.1) is 0 Å². The van der Waals surface area contributed by atoms with Crippen LogP contribution >= 0.6 is 0 Å². The van der Waals surface area contributed by atoms with Crippen LogP contribution in [0.4, 0.5) is 45.5 Å². The molecular weight excluding hydrogens is 763 g/mol. The van der Waals surface area contributed by atoms with E-state index < -0.39 is 0 Å². The van der Waals surface area contributed by atoms with Crippen LogP contribution in [0, 0.1) is 34.6 Å². The molecule has 0 fully saturated rings. The lowest BCUT2D eigenvalue weighted by molar-refractivity contribution is 0.974. The van der Waals surface area contributed by atoms with Crippen LogP contribution in [0.25, 0.3) is 22.3 Å². The van der Waals surface area contributed by atoms with Crippen LogP contribution in [0.3, 0.4) is 0 Å². The van der Waals surface area contributed by atoms with Gasteiger partial charge in [0, 0.05) is 52.0 Å². The topological polar surface area (TPSA) is 9.72 Å². The second-order valence-electron chi connectivity index (χ2n) is 16.8. The van der Waals surface area contributed by atoms with Gasteiger partial charge >= 0.3 is 0 Å². The average molecular weight is 816 g/mol. The molecule has 0 amide bonds. The molecule has 0 radical (unpaired) electrons. The highest BCUT2D eigenvalue weighted by Crippen LogP contribution is 2.39. The number of hydrogen-bond acceptors (Lipinski definition) is 3. The highest BCUT2D eigenvalue weighted by atomic mass is 15.1. The summed E-state index contributed by atoms with van der Waals surface area (Å²) in [6.45, 7) is 11.4. The molecule has 0 heterocycles. The first-order chi connectivity index (χ1) is 30.7. The van der Waals surface area contributed by atoms with Crippen LogP contribution in [0.15, 0.2) is 218 Å². The lowest BCUT2D eigenvalue weighted by Gasteiger charge is -2.26. The van der Waals surface area contributed by atoms with Crippen molar-refractivity contribution >= 4 is 45.5 Å². The van der Waals surface area contributed by atoms with Crippen molar-refractivity contribution in [3.8, 4) is 22.3 Å². The van der Waals surface area contributed by atoms with Gasteiger partial charge in [-0.05, 0) is 159 Å². The van der Waals surface area contributed by atoms with Crippen molar-refractivity contribution < 1.29 is 0 Å². The summed E-state index contributed by atoms with van der Waals surface area (Å²) in [6, 6.07) is 79.7. The number of benzene rings is 9. The summed E-state index contributed by atoms with van der Waals surface area (Å²) in [5.41, 5.74) is 21.3. The number of hydrogen-bond donors (Lipinski definition) is 0. The molecule has 0 aliphatic heterocycles. The summed E-state index contributed by atoms with van der Waals surface area (Å²) in [5.74, 6) is 0. The van der Waals surface area contributed by atoms with Crippen LogP contribution in [0.5, 0.6) is 0 Å². The first-order valence-corrected chi connectivity index (χ1v) is 21.9. The van der Waals surface area contributed by atoms with Crippen LogP contribution in [0.1, 0.15) is 33.4 Å². The van der Waals surface area contributed by atoms with Crippen LogP contribution in [-0.2, 0) is 6.54 Å². The number of rotatable bonds is 12. The van der Waals surface area contributed by atoms with Gasteiger partial charge in [-0.2, -0.15) is 0 Å². The molecule has 0 aliphatic rings. The monoisotopic (exact) mass is 815 g/mol. The Kier molecular flexibility index (Phi) is 11.7. The van der Waals surface area contributed by atoms with Crippen molar-refractivity contribution in [3.63, 3.8) is 0 Å². The van der Waals surface area contributed by atoms with Gasteiger partial charge in [-0.3, -0.25) is 0 Å². The normalized spacial score (nSPS) is 11.0. The zero-order valence-electron chi connectivity index (χ0n) is 36.8. The van der Waals surface area contributed by atoms with E-state index >= 15 is 0 Å². The fourth-order valence-electron chi connectivity index (χ4n) is 8.15. The molecule has 9 rings (SSSR count). The summed E-state index contributed by atoms with van der Waals surface area (Å²) in [6.07, 6.45) is 0. The van der Waals surface area contributed by atoms with Gasteiger partial charge in [-0.25, -0.2) is 0 Å². The maximum Gasteiger partial charge on any atom is 0.0481 e. The molecule has 0 bridgehead atoms. The number of anilines is 8. The molecule has 0 aromatic heterocycles. The van der Waals surface area contributed by atoms with E-state index in [1.165, 1.54) is 67.0 Å². The van der Waals surface area contributed by atoms with Gasteiger partial charge in [0.2, 0.25) is 0 Å². The molecule has 3 heteroatoms. The van der Waals surface area contributed by atoms with E-state index in [1.54, 1.807) is 0 Å². The van der Waals surface area contributed by atoms with Crippen molar-refractivity contribution in [2.45, 2.75) is 41.2 Å². The zero-order chi connectivity index (χ0) is 43.3. The first kappa shape index (κ1) is 40.8. The van der Waals surface area contributed by atoms with Gasteiger partial charge in [0.25, 0.3) is 0 Å². The van der Waals surface area contributed by atoms with E-state index in [9.17, 15) is 0 Å². The highest BCUT2D eigenvalue weighted by molar-refractivity contribution is 5.82. The number of aryl methyl sites for hydroxylation is 5. The van der Waals surface area contributed by atoms with Crippen molar-refractivity contribution in [2.75, 3.05) is 14.7 Å². The fraction of sp³-hybridized carbons (Fsp3) is 0.100. The van der Waals surface area contributed by atoms with E-state index in [2.05, 4.69) is 268 Å². The second kappa shape index (κ2) is 18.2. The Morgan fingerprint density at radius 2 is 0.413 bits per heavy atom. The Morgan fingerprint density at radius 3 is 0.651 bits per heavy atom. The fourth-order valence-corrected chi connectivity index (χ4v) is 8.15. The molecular formula is C60H53N3. The van der Waals surface area contributed by atoms with Crippen LogP contribution < -0.4 is 14.7 Å². The Balaban J connectivity index is 0.953. The Hall–Kier alpha value is -7.62. The second-order valence-corrected chi connectivity index (χ2v) is 16.8. The standard InChI is InChI=1S/C60H53N3/c1-43-6-26-53(27-7-43)61(54-28-8-44(2)9-29-54)42-48-16-18-49(19-17-48)50-20-36-59(37-21-50)63(57-34-14-47(5)15-35-57)60-40-24-52(25-41-60)51-22-38-58(39-23-51)62(55-30-10-45(3)11-31-55)56-32-12-46(4)13-33-56/h6-41H,42H2,1-5H3. The largest absolute Gasteiger partial charge is 0.337 e. The molecule has 0 saturated carbocycles. The molecule has 0 spiro atoms. The number of nitrogens with zero attached hydrogens (tertiary/aromatic N) is 3. The molecule has 3 nitrogen and oxygen atoms in total. The minimum Gasteiger partial charge on any atom is -0.337 e. The third-order valence-corrected chi connectivity index (χ3v) is 11.9. The zero-order valence-corrected chi connectivity index (χ0v) is 36.8.